The zero-order valence-electron chi connectivity index (χ0n) is 34.0. The SMILES string of the molecule is CCCCC(Cc1cc(C(C)(C)C)c(O)c(C(C)(C)C)c1)(C(=O)OC1CC(C)(C)NC(C)(CC)C1)C(=O)OC1CC(C)(C)NC(C)(CC)C1. The first-order chi connectivity index (χ1) is 22.2. The number of carbonyl (C=O) groups is 2. The number of aromatic hydroxyl groups is 1. The second-order valence-corrected chi connectivity index (χ2v) is 19.6. The summed E-state index contributed by atoms with van der Waals surface area (Å²) in [6, 6.07) is 3.99. The predicted octanol–water partition coefficient (Wildman–Crippen LogP) is 9.19. The van der Waals surface area contributed by atoms with Gasteiger partial charge in [-0.25, -0.2) is 0 Å². The minimum absolute atomic E-state index is 0.149. The Balaban J connectivity index is 2.20. The van der Waals surface area contributed by atoms with Crippen LogP contribution in [-0.2, 0) is 36.3 Å². The molecular weight excluding hydrogens is 612 g/mol. The van der Waals surface area contributed by atoms with Gasteiger partial charge < -0.3 is 25.2 Å². The summed E-state index contributed by atoms with van der Waals surface area (Å²) in [5.41, 5.74) is -0.642. The Morgan fingerprint density at radius 3 is 1.45 bits per heavy atom. The van der Waals surface area contributed by atoms with Gasteiger partial charge in [0.2, 0.25) is 0 Å². The normalized spacial score (nSPS) is 28.4. The highest BCUT2D eigenvalue weighted by Crippen LogP contribution is 2.44. The summed E-state index contributed by atoms with van der Waals surface area (Å²) in [6.45, 7) is 31.9. The minimum atomic E-state index is -1.54. The van der Waals surface area contributed by atoms with Gasteiger partial charge in [0.25, 0.3) is 0 Å². The molecule has 2 heterocycles. The van der Waals surface area contributed by atoms with Crippen LogP contribution in [0.4, 0.5) is 0 Å². The van der Waals surface area contributed by atoms with E-state index >= 15 is 0 Å². The van der Waals surface area contributed by atoms with Crippen molar-refractivity contribution in [1.82, 2.24) is 10.6 Å². The molecule has 0 aromatic heterocycles. The van der Waals surface area contributed by atoms with E-state index in [1.165, 1.54) is 0 Å². The van der Waals surface area contributed by atoms with Gasteiger partial charge in [0.1, 0.15) is 18.0 Å². The molecular formula is C42H72N2O5. The Bertz CT molecular complexity index is 1250. The number of rotatable bonds is 11. The van der Waals surface area contributed by atoms with Gasteiger partial charge in [0.05, 0.1) is 0 Å². The molecule has 49 heavy (non-hydrogen) atoms. The second-order valence-electron chi connectivity index (χ2n) is 19.6. The fourth-order valence-electron chi connectivity index (χ4n) is 8.57. The molecule has 0 saturated carbocycles. The third kappa shape index (κ3) is 10.0. The lowest BCUT2D eigenvalue weighted by atomic mass is 9.73. The van der Waals surface area contributed by atoms with Crippen molar-refractivity contribution in [3.63, 3.8) is 0 Å². The van der Waals surface area contributed by atoms with E-state index in [9.17, 15) is 14.7 Å². The van der Waals surface area contributed by atoms with Crippen LogP contribution in [0.1, 0.15) is 178 Å². The fourth-order valence-corrected chi connectivity index (χ4v) is 8.57. The number of unbranched alkanes of at least 4 members (excludes halogenated alkanes) is 1. The quantitative estimate of drug-likeness (QED) is 0.158. The van der Waals surface area contributed by atoms with Crippen LogP contribution in [0.15, 0.2) is 12.1 Å². The topological polar surface area (TPSA) is 96.9 Å². The molecule has 0 radical (unpaired) electrons. The van der Waals surface area contributed by atoms with Crippen molar-refractivity contribution in [1.29, 1.82) is 0 Å². The molecule has 2 aliphatic heterocycles. The van der Waals surface area contributed by atoms with Gasteiger partial charge in [-0.3, -0.25) is 9.59 Å². The number of piperidine rings is 2. The molecule has 7 nitrogen and oxygen atoms in total. The molecule has 280 valence electrons. The highest BCUT2D eigenvalue weighted by molar-refractivity contribution is 6.00. The van der Waals surface area contributed by atoms with Crippen molar-refractivity contribution in [2.45, 2.75) is 213 Å². The summed E-state index contributed by atoms with van der Waals surface area (Å²) in [6.07, 6.45) is 5.77. The predicted molar refractivity (Wildman–Crippen MR) is 201 cm³/mol. The van der Waals surface area contributed by atoms with Crippen molar-refractivity contribution < 1.29 is 24.2 Å². The number of hydrogen-bond acceptors (Lipinski definition) is 7. The Hall–Kier alpha value is -2.12. The van der Waals surface area contributed by atoms with Gasteiger partial charge in [-0.2, -0.15) is 0 Å². The van der Waals surface area contributed by atoms with Crippen LogP contribution in [0.3, 0.4) is 0 Å². The van der Waals surface area contributed by atoms with E-state index in [0.29, 0.717) is 38.5 Å². The van der Waals surface area contributed by atoms with Crippen LogP contribution in [0.2, 0.25) is 0 Å². The molecule has 4 unspecified atom stereocenters. The number of hydrogen-bond donors (Lipinski definition) is 3. The maximum atomic E-state index is 15.0. The van der Waals surface area contributed by atoms with Crippen LogP contribution in [0, 0.1) is 5.41 Å². The molecule has 0 amide bonds. The van der Waals surface area contributed by atoms with E-state index in [1.807, 2.05) is 12.1 Å². The summed E-state index contributed by atoms with van der Waals surface area (Å²) in [7, 11) is 0. The van der Waals surface area contributed by atoms with E-state index in [4.69, 9.17) is 9.47 Å². The lowest BCUT2D eigenvalue weighted by Crippen LogP contribution is -2.62. The number of phenolic OH excluding ortho intramolecular Hbond substituents is 1. The minimum Gasteiger partial charge on any atom is -0.507 e. The highest BCUT2D eigenvalue weighted by atomic mass is 16.6. The van der Waals surface area contributed by atoms with Gasteiger partial charge >= 0.3 is 11.9 Å². The molecule has 7 heteroatoms. The maximum Gasteiger partial charge on any atom is 0.324 e. The number of nitrogens with one attached hydrogen (secondary N) is 2. The van der Waals surface area contributed by atoms with Crippen LogP contribution in [-0.4, -0.2) is 51.4 Å². The average molecular weight is 685 g/mol. The molecule has 3 rings (SSSR count). The molecule has 2 aliphatic rings. The summed E-state index contributed by atoms with van der Waals surface area (Å²) >= 11 is 0. The largest absolute Gasteiger partial charge is 0.507 e. The lowest BCUT2D eigenvalue weighted by Gasteiger charge is -2.48. The highest BCUT2D eigenvalue weighted by Gasteiger charge is 2.53. The summed E-state index contributed by atoms with van der Waals surface area (Å²) in [5.74, 6) is -0.692. The summed E-state index contributed by atoms with van der Waals surface area (Å²) in [4.78, 5) is 29.9. The van der Waals surface area contributed by atoms with E-state index in [2.05, 4.69) is 114 Å². The van der Waals surface area contributed by atoms with Crippen molar-refractivity contribution >= 4 is 11.9 Å². The third-order valence-corrected chi connectivity index (χ3v) is 11.3. The van der Waals surface area contributed by atoms with Crippen LogP contribution in [0.25, 0.3) is 0 Å². The first kappa shape index (κ1) is 41.3. The monoisotopic (exact) mass is 685 g/mol. The standard InChI is InChI=1S/C42H72N2O5/c1-16-19-20-42(34(46)48-29-24-38(10,11)43-40(14,17-2)26-29,35(47)49-30-25-39(12,13)44-41(15,18-3)27-30)23-28-21-31(36(4,5)6)33(45)32(22-28)37(7,8)9/h21-22,29-30,43-45H,16-20,23-27H2,1-15H3. The Morgan fingerprint density at radius 1 is 0.735 bits per heavy atom. The first-order valence-corrected chi connectivity index (χ1v) is 19.1. The van der Waals surface area contributed by atoms with Crippen molar-refractivity contribution in [2.24, 2.45) is 5.41 Å². The lowest BCUT2D eigenvalue weighted by molar-refractivity contribution is -0.184. The molecule has 0 aliphatic carbocycles. The Morgan fingerprint density at radius 2 is 1.12 bits per heavy atom. The zero-order valence-corrected chi connectivity index (χ0v) is 34.0. The molecule has 3 N–H and O–H groups in total. The molecule has 2 saturated heterocycles. The Labute approximate surface area is 299 Å². The third-order valence-electron chi connectivity index (χ3n) is 11.3. The molecule has 0 bridgehead atoms. The van der Waals surface area contributed by atoms with E-state index in [1.54, 1.807) is 0 Å². The number of phenols is 1. The number of esters is 2. The van der Waals surface area contributed by atoms with Crippen LogP contribution < -0.4 is 10.6 Å². The van der Waals surface area contributed by atoms with Gasteiger partial charge in [0.15, 0.2) is 5.41 Å². The van der Waals surface area contributed by atoms with Gasteiger partial charge in [-0.1, -0.05) is 87.3 Å². The summed E-state index contributed by atoms with van der Waals surface area (Å²) < 4.78 is 13.1. The van der Waals surface area contributed by atoms with Gasteiger partial charge in [-0.05, 0) is 94.7 Å². The van der Waals surface area contributed by atoms with Crippen molar-refractivity contribution in [3.8, 4) is 5.75 Å². The van der Waals surface area contributed by atoms with Crippen molar-refractivity contribution in [3.05, 3.63) is 28.8 Å². The van der Waals surface area contributed by atoms with Gasteiger partial charge in [0, 0.05) is 47.8 Å². The van der Waals surface area contributed by atoms with E-state index < -0.39 is 17.4 Å². The first-order valence-electron chi connectivity index (χ1n) is 19.1. The maximum absolute atomic E-state index is 15.0. The molecule has 4 atom stereocenters. The number of benzene rings is 1. The number of carbonyl (C=O) groups excluding carboxylic acids is 2. The molecule has 1 aromatic rings. The van der Waals surface area contributed by atoms with E-state index in [0.717, 1.165) is 36.0 Å². The van der Waals surface area contributed by atoms with Crippen LogP contribution in [0.5, 0.6) is 5.75 Å². The average Bonchev–Trinajstić information content (AvgIpc) is 2.92. The zero-order chi connectivity index (χ0) is 37.4. The summed E-state index contributed by atoms with van der Waals surface area (Å²) in [5, 5.41) is 19.1. The molecule has 0 spiro atoms. The van der Waals surface area contributed by atoms with Crippen LogP contribution >= 0.6 is 0 Å². The number of ether oxygens (including phenoxy) is 2. The molecule has 1 aromatic carbocycles. The fraction of sp³-hybridized carbons (Fsp3) is 0.810. The second kappa shape index (κ2) is 14.5. The Kier molecular flexibility index (Phi) is 12.2. The van der Waals surface area contributed by atoms with Crippen molar-refractivity contribution in [2.75, 3.05) is 0 Å². The smallest absolute Gasteiger partial charge is 0.324 e. The van der Waals surface area contributed by atoms with E-state index in [-0.39, 0.29) is 57.4 Å². The molecule has 2 fully saturated rings. The van der Waals surface area contributed by atoms with Gasteiger partial charge in [-0.15, -0.1) is 0 Å².